The lowest BCUT2D eigenvalue weighted by atomic mass is 9.75. The van der Waals surface area contributed by atoms with Crippen molar-refractivity contribution in [1.29, 1.82) is 0 Å². The number of halogens is 3. The fourth-order valence-electron chi connectivity index (χ4n) is 2.92. The highest BCUT2D eigenvalue weighted by molar-refractivity contribution is 4.88. The molecule has 0 spiro atoms. The normalized spacial score (nSPS) is 23.0. The molecule has 0 N–H and O–H groups in total. The number of alkyl halides is 3. The van der Waals surface area contributed by atoms with Gasteiger partial charge in [0.15, 0.2) is 6.67 Å². The topological polar surface area (TPSA) is 9.23 Å². The van der Waals surface area contributed by atoms with Gasteiger partial charge in [0.05, 0.1) is 6.61 Å². The Morgan fingerprint density at radius 3 is 1.38 bits per heavy atom. The zero-order valence-electron chi connectivity index (χ0n) is 17.2. The van der Waals surface area contributed by atoms with Gasteiger partial charge in [-0.3, -0.25) is 0 Å². The summed E-state index contributed by atoms with van der Waals surface area (Å²) in [5, 5.41) is 0. The molecule has 4 heteroatoms. The number of ether oxygens (including phenoxy) is 1. The summed E-state index contributed by atoms with van der Waals surface area (Å²) in [7, 11) is 0. The van der Waals surface area contributed by atoms with Gasteiger partial charge in [-0.15, -0.1) is 0 Å². The zero-order chi connectivity index (χ0) is 19.4. The van der Waals surface area contributed by atoms with Gasteiger partial charge in [-0.2, -0.15) is 8.78 Å². The van der Waals surface area contributed by atoms with E-state index < -0.39 is 12.8 Å². The summed E-state index contributed by atoms with van der Waals surface area (Å²) in [6.45, 7) is 17.7. The third-order valence-corrected chi connectivity index (χ3v) is 4.75. The molecule has 1 nitrogen and oxygen atoms in total. The smallest absolute Gasteiger partial charge is 0.318 e. The van der Waals surface area contributed by atoms with Crippen molar-refractivity contribution in [1.82, 2.24) is 0 Å². The van der Waals surface area contributed by atoms with Crippen molar-refractivity contribution >= 4 is 0 Å². The van der Waals surface area contributed by atoms with E-state index in [1.165, 1.54) is 19.3 Å². The maximum atomic E-state index is 12.1. The molecular formula is C20H39F3O. The molecule has 1 rings (SSSR count). The quantitative estimate of drug-likeness (QED) is 0.526. The van der Waals surface area contributed by atoms with Gasteiger partial charge >= 0.3 is 6.11 Å². The van der Waals surface area contributed by atoms with Crippen LogP contribution in [0.2, 0.25) is 0 Å². The van der Waals surface area contributed by atoms with Gasteiger partial charge < -0.3 is 4.74 Å². The van der Waals surface area contributed by atoms with E-state index in [4.69, 9.17) is 0 Å². The lowest BCUT2D eigenvalue weighted by molar-refractivity contribution is -0.256. The van der Waals surface area contributed by atoms with Crippen molar-refractivity contribution in [2.45, 2.75) is 87.7 Å². The van der Waals surface area contributed by atoms with Crippen molar-refractivity contribution in [3.63, 3.8) is 0 Å². The SMILES string of the molecule is CC(C)(C)C1CCC(C(C)(C)C)C1.CC(C)(C)COC(F)(F)CF. The molecule has 2 unspecified atom stereocenters. The maximum Gasteiger partial charge on any atom is 0.384 e. The average molecular weight is 353 g/mol. The molecule has 0 aromatic rings. The fraction of sp³-hybridized carbons (Fsp3) is 1.00. The van der Waals surface area contributed by atoms with Gasteiger partial charge in [0.1, 0.15) is 0 Å². The number of hydrogen-bond acceptors (Lipinski definition) is 1. The molecule has 0 radical (unpaired) electrons. The Bertz CT molecular complexity index is 339. The lowest BCUT2D eigenvalue weighted by Gasteiger charge is -2.30. The molecule has 0 amide bonds. The Morgan fingerprint density at radius 1 is 0.792 bits per heavy atom. The Hall–Kier alpha value is -0.250. The summed E-state index contributed by atoms with van der Waals surface area (Å²) in [5.41, 5.74) is 0.693. The minimum absolute atomic E-state index is 0.149. The second-order valence-corrected chi connectivity index (χ2v) is 10.6. The first-order valence-corrected chi connectivity index (χ1v) is 9.06. The molecule has 1 aliphatic carbocycles. The van der Waals surface area contributed by atoms with Gasteiger partial charge in [0.2, 0.25) is 0 Å². The molecular weight excluding hydrogens is 313 g/mol. The Balaban J connectivity index is 0.000000449. The van der Waals surface area contributed by atoms with Crippen LogP contribution in [0.25, 0.3) is 0 Å². The first kappa shape index (κ1) is 23.8. The first-order valence-electron chi connectivity index (χ1n) is 9.06. The first-order chi connectivity index (χ1) is 10.5. The highest BCUT2D eigenvalue weighted by atomic mass is 19.3. The predicted molar refractivity (Wildman–Crippen MR) is 96.1 cm³/mol. The fourth-order valence-corrected chi connectivity index (χ4v) is 2.92. The molecule has 146 valence electrons. The summed E-state index contributed by atoms with van der Waals surface area (Å²) < 4.78 is 39.7. The molecule has 24 heavy (non-hydrogen) atoms. The Morgan fingerprint density at radius 2 is 1.17 bits per heavy atom. The zero-order valence-corrected chi connectivity index (χ0v) is 17.2. The van der Waals surface area contributed by atoms with E-state index in [1.807, 2.05) is 0 Å². The predicted octanol–water partition coefficient (Wildman–Crippen LogP) is 7.11. The van der Waals surface area contributed by atoms with Crippen molar-refractivity contribution in [3.05, 3.63) is 0 Å². The van der Waals surface area contributed by atoms with Crippen LogP contribution in [-0.4, -0.2) is 19.4 Å². The minimum Gasteiger partial charge on any atom is -0.318 e. The molecule has 0 heterocycles. The largest absolute Gasteiger partial charge is 0.384 e. The van der Waals surface area contributed by atoms with Crippen LogP contribution in [0.4, 0.5) is 13.2 Å². The molecule has 0 aromatic heterocycles. The van der Waals surface area contributed by atoms with Gasteiger partial charge in [0.25, 0.3) is 0 Å². The van der Waals surface area contributed by atoms with Crippen LogP contribution in [0.3, 0.4) is 0 Å². The van der Waals surface area contributed by atoms with Crippen LogP contribution in [0.1, 0.15) is 81.6 Å². The molecule has 1 aliphatic rings. The highest BCUT2D eigenvalue weighted by Crippen LogP contribution is 2.48. The van der Waals surface area contributed by atoms with Crippen molar-refractivity contribution in [2.24, 2.45) is 28.1 Å². The van der Waals surface area contributed by atoms with E-state index in [9.17, 15) is 13.2 Å². The summed E-state index contributed by atoms with van der Waals surface area (Å²) in [6, 6.07) is 0. The summed E-state index contributed by atoms with van der Waals surface area (Å²) in [5.74, 6) is 1.91. The maximum absolute atomic E-state index is 12.1. The molecule has 1 saturated carbocycles. The van der Waals surface area contributed by atoms with Crippen LogP contribution in [0, 0.1) is 28.1 Å². The third-order valence-electron chi connectivity index (χ3n) is 4.75. The van der Waals surface area contributed by atoms with E-state index in [1.54, 1.807) is 20.8 Å². The second kappa shape index (κ2) is 8.42. The van der Waals surface area contributed by atoms with Gasteiger partial charge in [-0.05, 0) is 47.3 Å². The number of hydrogen-bond donors (Lipinski definition) is 0. The van der Waals surface area contributed by atoms with E-state index in [0.29, 0.717) is 10.8 Å². The molecule has 0 bridgehead atoms. The van der Waals surface area contributed by atoms with E-state index >= 15 is 0 Å². The summed E-state index contributed by atoms with van der Waals surface area (Å²) >= 11 is 0. The average Bonchev–Trinajstić information content (AvgIpc) is 2.86. The van der Waals surface area contributed by atoms with Crippen LogP contribution < -0.4 is 0 Å². The third kappa shape index (κ3) is 9.90. The van der Waals surface area contributed by atoms with Crippen LogP contribution in [-0.2, 0) is 4.74 Å². The van der Waals surface area contributed by atoms with Crippen molar-refractivity contribution < 1.29 is 17.9 Å². The van der Waals surface area contributed by atoms with Gasteiger partial charge in [-0.25, -0.2) is 4.39 Å². The second-order valence-electron chi connectivity index (χ2n) is 10.6. The minimum atomic E-state index is -3.62. The standard InChI is InChI=1S/C13H26.C7H13F3O/c1-12(2,3)10-7-8-11(9-10)13(4,5)6;1-6(2,3)5-11-7(9,10)4-8/h10-11H,7-9H2,1-6H3;4-5H2,1-3H3. The van der Waals surface area contributed by atoms with Crippen molar-refractivity contribution in [3.8, 4) is 0 Å². The highest BCUT2D eigenvalue weighted by Gasteiger charge is 2.37. The molecule has 0 aromatic carbocycles. The summed E-state index contributed by atoms with van der Waals surface area (Å²) in [4.78, 5) is 0. The van der Waals surface area contributed by atoms with E-state index in [-0.39, 0.29) is 12.0 Å². The Kier molecular flexibility index (Phi) is 8.33. The lowest BCUT2D eigenvalue weighted by Crippen LogP contribution is -2.28. The molecule has 1 fully saturated rings. The van der Waals surface area contributed by atoms with Crippen LogP contribution in [0.15, 0.2) is 0 Å². The Labute approximate surface area is 147 Å². The van der Waals surface area contributed by atoms with E-state index in [2.05, 4.69) is 46.3 Å². The molecule has 0 saturated heterocycles. The van der Waals surface area contributed by atoms with Crippen LogP contribution >= 0.6 is 0 Å². The molecule has 2 atom stereocenters. The molecule has 0 aliphatic heterocycles. The van der Waals surface area contributed by atoms with Crippen molar-refractivity contribution in [2.75, 3.05) is 13.3 Å². The van der Waals surface area contributed by atoms with Gasteiger partial charge in [-0.1, -0.05) is 62.3 Å². The van der Waals surface area contributed by atoms with Gasteiger partial charge in [0, 0.05) is 0 Å². The number of rotatable bonds is 3. The summed E-state index contributed by atoms with van der Waals surface area (Å²) in [6.07, 6.45) is 0.733. The van der Waals surface area contributed by atoms with E-state index in [0.717, 1.165) is 11.8 Å². The monoisotopic (exact) mass is 352 g/mol. The van der Waals surface area contributed by atoms with Crippen LogP contribution in [0.5, 0.6) is 0 Å².